The van der Waals surface area contributed by atoms with Gasteiger partial charge in [-0.25, -0.2) is 0 Å². The smallest absolute Gasteiger partial charge is 0.0114 e. The second kappa shape index (κ2) is 3.10. The molecular formula is C14H20S. The van der Waals surface area contributed by atoms with E-state index in [0.29, 0.717) is 5.41 Å². The van der Waals surface area contributed by atoms with Gasteiger partial charge in [-0.2, -0.15) is 0 Å². The topological polar surface area (TPSA) is 0 Å². The maximum absolute atomic E-state index is 2.52. The molecule has 2 bridgehead atoms. The molecule has 0 aliphatic heterocycles. The molecule has 1 fully saturated rings. The van der Waals surface area contributed by atoms with E-state index in [1.807, 2.05) is 0 Å². The van der Waals surface area contributed by atoms with Gasteiger partial charge < -0.3 is 0 Å². The third-order valence-electron chi connectivity index (χ3n) is 4.07. The van der Waals surface area contributed by atoms with Crippen LogP contribution in [0.25, 0.3) is 0 Å². The van der Waals surface area contributed by atoms with E-state index in [1.54, 1.807) is 15.3 Å². The SMILES string of the molecule is CC(C)(C)c1cc2c(s1)C1CCC2CC1. The standard InChI is InChI=1S/C14H20S/c1-14(2,3)12-8-11-9-4-6-10(7-5-9)13(11)15-12/h8-10H,4-7H2,1-3H3. The molecule has 82 valence electrons. The summed E-state index contributed by atoms with van der Waals surface area (Å²) in [4.78, 5) is 3.36. The van der Waals surface area contributed by atoms with Crippen molar-refractivity contribution in [1.29, 1.82) is 0 Å². The molecule has 0 spiro atoms. The van der Waals surface area contributed by atoms with Crippen LogP contribution in [0.5, 0.6) is 0 Å². The van der Waals surface area contributed by atoms with Gasteiger partial charge in [0.1, 0.15) is 0 Å². The molecule has 4 rings (SSSR count). The van der Waals surface area contributed by atoms with Crippen LogP contribution in [0.3, 0.4) is 0 Å². The predicted molar refractivity (Wildman–Crippen MR) is 67.0 cm³/mol. The summed E-state index contributed by atoms with van der Waals surface area (Å²) >= 11 is 2.11. The van der Waals surface area contributed by atoms with Crippen molar-refractivity contribution in [2.24, 2.45) is 0 Å². The lowest BCUT2D eigenvalue weighted by Crippen LogP contribution is -2.19. The first-order chi connectivity index (χ1) is 7.05. The van der Waals surface area contributed by atoms with E-state index in [9.17, 15) is 0 Å². The monoisotopic (exact) mass is 220 g/mol. The van der Waals surface area contributed by atoms with Crippen molar-refractivity contribution >= 4 is 11.3 Å². The van der Waals surface area contributed by atoms with Gasteiger partial charge in [-0.15, -0.1) is 11.3 Å². The Morgan fingerprint density at radius 2 is 1.67 bits per heavy atom. The molecular weight excluding hydrogens is 200 g/mol. The Kier molecular flexibility index (Phi) is 2.04. The molecule has 0 aromatic carbocycles. The van der Waals surface area contributed by atoms with Gasteiger partial charge in [0.2, 0.25) is 0 Å². The number of hydrogen-bond acceptors (Lipinski definition) is 1. The lowest BCUT2D eigenvalue weighted by atomic mass is 9.70. The fourth-order valence-corrected chi connectivity index (χ4v) is 4.57. The lowest BCUT2D eigenvalue weighted by molar-refractivity contribution is 0.365. The maximum Gasteiger partial charge on any atom is 0.0114 e. The van der Waals surface area contributed by atoms with Crippen LogP contribution < -0.4 is 0 Å². The van der Waals surface area contributed by atoms with Crippen LogP contribution in [0.4, 0.5) is 0 Å². The second-order valence-corrected chi connectivity index (χ2v) is 7.31. The van der Waals surface area contributed by atoms with Crippen molar-refractivity contribution in [2.45, 2.75) is 63.7 Å². The molecule has 0 N–H and O–H groups in total. The van der Waals surface area contributed by atoms with E-state index in [4.69, 9.17) is 0 Å². The zero-order chi connectivity index (χ0) is 10.6. The number of thiophene rings is 1. The average Bonchev–Trinajstić information content (AvgIpc) is 2.64. The van der Waals surface area contributed by atoms with E-state index in [1.165, 1.54) is 25.7 Å². The Balaban J connectivity index is 2.08. The van der Waals surface area contributed by atoms with Crippen LogP contribution in [0.2, 0.25) is 0 Å². The van der Waals surface area contributed by atoms with Crippen molar-refractivity contribution in [2.75, 3.05) is 0 Å². The summed E-state index contributed by atoms with van der Waals surface area (Å²) in [7, 11) is 0. The van der Waals surface area contributed by atoms with Gasteiger partial charge in [0.05, 0.1) is 0 Å². The third kappa shape index (κ3) is 1.47. The van der Waals surface area contributed by atoms with E-state index in [2.05, 4.69) is 38.2 Å². The van der Waals surface area contributed by atoms with Gasteiger partial charge in [-0.1, -0.05) is 20.8 Å². The molecule has 3 aliphatic rings. The predicted octanol–water partition coefficient (Wildman–Crippen LogP) is 4.80. The highest BCUT2D eigenvalue weighted by atomic mass is 32.1. The molecule has 3 aliphatic carbocycles. The van der Waals surface area contributed by atoms with Crippen LogP contribution in [0, 0.1) is 0 Å². The van der Waals surface area contributed by atoms with Crippen LogP contribution in [-0.2, 0) is 5.41 Å². The minimum absolute atomic E-state index is 0.349. The highest BCUT2D eigenvalue weighted by molar-refractivity contribution is 7.12. The summed E-state index contributed by atoms with van der Waals surface area (Å²) in [6, 6.07) is 2.52. The van der Waals surface area contributed by atoms with Gasteiger partial charge >= 0.3 is 0 Å². The Morgan fingerprint density at radius 1 is 1.07 bits per heavy atom. The molecule has 0 amide bonds. The molecule has 0 saturated heterocycles. The van der Waals surface area contributed by atoms with Gasteiger partial charge in [0, 0.05) is 9.75 Å². The van der Waals surface area contributed by atoms with E-state index >= 15 is 0 Å². The van der Waals surface area contributed by atoms with Gasteiger partial charge in [-0.3, -0.25) is 0 Å². The van der Waals surface area contributed by atoms with Gasteiger partial charge in [0.25, 0.3) is 0 Å². The number of fused-ring (bicyclic) bond motifs is 2. The third-order valence-corrected chi connectivity index (χ3v) is 5.81. The lowest BCUT2D eigenvalue weighted by Gasteiger charge is -2.35. The van der Waals surface area contributed by atoms with Crippen LogP contribution in [-0.4, -0.2) is 0 Å². The molecule has 0 atom stereocenters. The molecule has 0 radical (unpaired) electrons. The molecule has 1 heteroatoms. The van der Waals surface area contributed by atoms with E-state index in [-0.39, 0.29) is 0 Å². The molecule has 1 aromatic heterocycles. The molecule has 0 nitrogen and oxygen atoms in total. The van der Waals surface area contributed by atoms with Crippen LogP contribution >= 0.6 is 11.3 Å². The summed E-state index contributed by atoms with van der Waals surface area (Å²) in [5, 5.41) is 0. The number of rotatable bonds is 0. The van der Waals surface area contributed by atoms with Gasteiger partial charge in [0.15, 0.2) is 0 Å². The maximum atomic E-state index is 2.52. The largest absolute Gasteiger partial charge is 0.144 e. The average molecular weight is 220 g/mol. The Hall–Kier alpha value is -0.300. The molecule has 0 unspecified atom stereocenters. The second-order valence-electron chi connectivity index (χ2n) is 6.23. The fourth-order valence-electron chi connectivity index (χ4n) is 3.09. The van der Waals surface area contributed by atoms with Gasteiger partial charge in [-0.05, 0) is 54.6 Å². The fraction of sp³-hybridized carbons (Fsp3) is 0.714. The molecule has 1 saturated carbocycles. The summed E-state index contributed by atoms with van der Waals surface area (Å²) in [5.74, 6) is 1.84. The Bertz CT molecular complexity index is 343. The summed E-state index contributed by atoms with van der Waals surface area (Å²) in [6.45, 7) is 7.02. The minimum atomic E-state index is 0.349. The van der Waals surface area contributed by atoms with Crippen molar-refractivity contribution in [3.63, 3.8) is 0 Å². The zero-order valence-corrected chi connectivity index (χ0v) is 10.8. The number of hydrogen-bond donors (Lipinski definition) is 0. The summed E-state index contributed by atoms with van der Waals surface area (Å²) < 4.78 is 0. The minimum Gasteiger partial charge on any atom is -0.144 e. The van der Waals surface area contributed by atoms with Crippen molar-refractivity contribution in [3.05, 3.63) is 21.4 Å². The van der Waals surface area contributed by atoms with Crippen molar-refractivity contribution < 1.29 is 0 Å². The molecule has 15 heavy (non-hydrogen) atoms. The van der Waals surface area contributed by atoms with E-state index in [0.717, 1.165) is 11.8 Å². The highest BCUT2D eigenvalue weighted by Gasteiger charge is 2.35. The first kappa shape index (κ1) is 9.89. The van der Waals surface area contributed by atoms with E-state index < -0.39 is 0 Å². The van der Waals surface area contributed by atoms with Crippen LogP contribution in [0.1, 0.15) is 73.6 Å². The first-order valence-corrected chi connectivity index (χ1v) is 7.01. The Labute approximate surface area is 96.7 Å². The summed E-state index contributed by atoms with van der Waals surface area (Å²) in [5.41, 5.74) is 2.08. The first-order valence-electron chi connectivity index (χ1n) is 6.20. The zero-order valence-electron chi connectivity index (χ0n) is 9.97. The molecule has 1 heterocycles. The van der Waals surface area contributed by atoms with Crippen LogP contribution in [0.15, 0.2) is 6.07 Å². The van der Waals surface area contributed by atoms with Crippen molar-refractivity contribution in [1.82, 2.24) is 0 Å². The normalized spacial score (nSPS) is 29.3. The highest BCUT2D eigenvalue weighted by Crippen LogP contribution is 2.53. The Morgan fingerprint density at radius 3 is 2.20 bits per heavy atom. The molecule has 1 aromatic rings. The van der Waals surface area contributed by atoms with Crippen molar-refractivity contribution in [3.8, 4) is 0 Å². The quantitative estimate of drug-likeness (QED) is 0.589. The summed E-state index contributed by atoms with van der Waals surface area (Å²) in [6.07, 6.45) is 5.83.